The number of nitrogens with one attached hydrogen (secondary N) is 1. The van der Waals surface area contributed by atoms with Crippen LogP contribution in [0, 0.1) is 11.2 Å². The van der Waals surface area contributed by atoms with Gasteiger partial charge in [-0.25, -0.2) is 4.39 Å². The number of fused-ring (bicyclic) bond motifs is 1. The standard InChI is InChI=1S/C15H19FN2O2S/c1-15(2,6-7-19)8-18-14(20)13-12(17)11-9(16)4-3-5-10(11)21-13/h3-5,19H,6-8,17H2,1-2H3,(H,18,20). The highest BCUT2D eigenvalue weighted by Crippen LogP contribution is 2.35. The van der Waals surface area contributed by atoms with Crippen molar-refractivity contribution in [1.82, 2.24) is 5.32 Å². The lowest BCUT2D eigenvalue weighted by Gasteiger charge is -2.23. The molecule has 1 amide bonds. The van der Waals surface area contributed by atoms with Gasteiger partial charge in [-0.15, -0.1) is 11.3 Å². The number of carbonyl (C=O) groups excluding carboxylic acids is 1. The maximum atomic E-state index is 13.8. The summed E-state index contributed by atoms with van der Waals surface area (Å²) in [6.07, 6.45) is 0.587. The van der Waals surface area contributed by atoms with E-state index < -0.39 is 5.82 Å². The SMILES string of the molecule is CC(C)(CCO)CNC(=O)c1sc2cccc(F)c2c1N. The fourth-order valence-corrected chi connectivity index (χ4v) is 3.14. The molecule has 4 N–H and O–H groups in total. The van der Waals surface area contributed by atoms with Gasteiger partial charge in [-0.05, 0) is 24.0 Å². The van der Waals surface area contributed by atoms with Crippen LogP contribution in [0.5, 0.6) is 0 Å². The lowest BCUT2D eigenvalue weighted by molar-refractivity contribution is 0.0933. The van der Waals surface area contributed by atoms with Crippen molar-refractivity contribution in [3.8, 4) is 0 Å². The molecule has 0 aliphatic rings. The summed E-state index contributed by atoms with van der Waals surface area (Å²) >= 11 is 1.18. The van der Waals surface area contributed by atoms with E-state index in [2.05, 4.69) is 5.32 Å². The third kappa shape index (κ3) is 3.33. The van der Waals surface area contributed by atoms with Crippen LogP contribution >= 0.6 is 11.3 Å². The molecule has 2 rings (SSSR count). The second kappa shape index (κ2) is 5.99. The summed E-state index contributed by atoms with van der Waals surface area (Å²) in [4.78, 5) is 12.6. The van der Waals surface area contributed by atoms with Crippen LogP contribution < -0.4 is 11.1 Å². The Morgan fingerprint density at radius 3 is 2.81 bits per heavy atom. The van der Waals surface area contributed by atoms with Crippen LogP contribution in [0.1, 0.15) is 29.9 Å². The summed E-state index contributed by atoms with van der Waals surface area (Å²) in [5.74, 6) is -0.722. The number of hydrogen-bond acceptors (Lipinski definition) is 4. The Morgan fingerprint density at radius 1 is 1.48 bits per heavy atom. The normalized spacial score (nSPS) is 11.8. The molecule has 1 aromatic heterocycles. The quantitative estimate of drug-likeness (QED) is 0.795. The van der Waals surface area contributed by atoms with Crippen molar-refractivity contribution in [3.63, 3.8) is 0 Å². The van der Waals surface area contributed by atoms with Crippen LogP contribution in [-0.2, 0) is 0 Å². The van der Waals surface area contributed by atoms with Crippen molar-refractivity contribution in [2.75, 3.05) is 18.9 Å². The molecule has 0 atom stereocenters. The van der Waals surface area contributed by atoms with Crippen molar-refractivity contribution in [2.45, 2.75) is 20.3 Å². The Balaban J connectivity index is 2.21. The molecular formula is C15H19FN2O2S. The molecule has 21 heavy (non-hydrogen) atoms. The number of halogens is 1. The smallest absolute Gasteiger partial charge is 0.263 e. The molecule has 0 spiro atoms. The monoisotopic (exact) mass is 310 g/mol. The zero-order valence-electron chi connectivity index (χ0n) is 12.1. The van der Waals surface area contributed by atoms with Gasteiger partial charge in [-0.2, -0.15) is 0 Å². The number of thiophene rings is 1. The molecule has 0 unspecified atom stereocenters. The first-order valence-corrected chi connectivity index (χ1v) is 7.53. The molecule has 0 saturated heterocycles. The fraction of sp³-hybridized carbons (Fsp3) is 0.400. The first-order valence-electron chi connectivity index (χ1n) is 6.71. The summed E-state index contributed by atoms with van der Waals surface area (Å²) in [6, 6.07) is 4.67. The third-order valence-electron chi connectivity index (χ3n) is 3.42. The second-order valence-electron chi connectivity index (χ2n) is 5.78. The maximum absolute atomic E-state index is 13.8. The number of nitrogens with two attached hydrogens (primary N) is 1. The Hall–Kier alpha value is -1.66. The zero-order valence-corrected chi connectivity index (χ0v) is 12.9. The number of carbonyl (C=O) groups is 1. The topological polar surface area (TPSA) is 75.3 Å². The van der Waals surface area contributed by atoms with Crippen LogP contribution in [0.15, 0.2) is 18.2 Å². The fourth-order valence-electron chi connectivity index (χ4n) is 2.09. The van der Waals surface area contributed by atoms with E-state index in [0.29, 0.717) is 27.9 Å². The van der Waals surface area contributed by atoms with Crippen LogP contribution in [0.3, 0.4) is 0 Å². The molecule has 1 heterocycles. The highest BCUT2D eigenvalue weighted by Gasteiger charge is 2.22. The molecule has 0 aliphatic heterocycles. The molecule has 4 nitrogen and oxygen atoms in total. The summed E-state index contributed by atoms with van der Waals surface area (Å²) < 4.78 is 14.4. The van der Waals surface area contributed by atoms with Crippen molar-refractivity contribution in [2.24, 2.45) is 5.41 Å². The lowest BCUT2D eigenvalue weighted by atomic mass is 9.90. The van der Waals surface area contributed by atoms with E-state index in [4.69, 9.17) is 10.8 Å². The molecular weight excluding hydrogens is 291 g/mol. The van der Waals surface area contributed by atoms with Crippen LogP contribution in [-0.4, -0.2) is 24.2 Å². The first-order chi connectivity index (χ1) is 9.85. The molecule has 6 heteroatoms. The molecule has 0 fully saturated rings. The lowest BCUT2D eigenvalue weighted by Crippen LogP contribution is -2.34. The third-order valence-corrected chi connectivity index (χ3v) is 4.59. The predicted octanol–water partition coefficient (Wildman–Crippen LogP) is 2.76. The minimum atomic E-state index is -0.416. The molecule has 114 valence electrons. The number of anilines is 1. The van der Waals surface area contributed by atoms with Gasteiger partial charge in [0.15, 0.2) is 0 Å². The van der Waals surface area contributed by atoms with Gasteiger partial charge in [0.25, 0.3) is 5.91 Å². The minimum Gasteiger partial charge on any atom is -0.397 e. The van der Waals surface area contributed by atoms with E-state index in [9.17, 15) is 9.18 Å². The summed E-state index contributed by atoms with van der Waals surface area (Å²) in [6.45, 7) is 4.40. The van der Waals surface area contributed by atoms with Crippen LogP contribution in [0.25, 0.3) is 10.1 Å². The number of amides is 1. The van der Waals surface area contributed by atoms with Gasteiger partial charge in [0.2, 0.25) is 0 Å². The van der Waals surface area contributed by atoms with Crippen molar-refractivity contribution in [3.05, 3.63) is 28.9 Å². The van der Waals surface area contributed by atoms with E-state index >= 15 is 0 Å². The van der Waals surface area contributed by atoms with Gasteiger partial charge in [-0.3, -0.25) is 4.79 Å². The number of aliphatic hydroxyl groups is 1. The Morgan fingerprint density at radius 2 is 2.19 bits per heavy atom. The van der Waals surface area contributed by atoms with E-state index in [1.807, 2.05) is 13.8 Å². The summed E-state index contributed by atoms with van der Waals surface area (Å²) in [5.41, 5.74) is 5.89. The Labute approximate surface area is 126 Å². The molecule has 0 aliphatic carbocycles. The molecule has 0 saturated carbocycles. The van der Waals surface area contributed by atoms with Gasteiger partial charge in [-0.1, -0.05) is 19.9 Å². The number of benzene rings is 1. The molecule has 1 aromatic carbocycles. The zero-order chi connectivity index (χ0) is 15.6. The number of hydrogen-bond donors (Lipinski definition) is 3. The average molecular weight is 310 g/mol. The van der Waals surface area contributed by atoms with Gasteiger partial charge in [0.05, 0.1) is 11.1 Å². The van der Waals surface area contributed by atoms with Crippen molar-refractivity contribution in [1.29, 1.82) is 0 Å². The van der Waals surface area contributed by atoms with E-state index in [1.165, 1.54) is 17.4 Å². The summed E-state index contributed by atoms with van der Waals surface area (Å²) in [5, 5.41) is 12.1. The van der Waals surface area contributed by atoms with E-state index in [1.54, 1.807) is 12.1 Å². The van der Waals surface area contributed by atoms with Crippen LogP contribution in [0.2, 0.25) is 0 Å². The molecule has 0 radical (unpaired) electrons. The molecule has 0 bridgehead atoms. The Kier molecular flexibility index (Phi) is 4.49. The Bertz CT molecular complexity index is 667. The summed E-state index contributed by atoms with van der Waals surface area (Å²) in [7, 11) is 0. The van der Waals surface area contributed by atoms with Gasteiger partial charge < -0.3 is 16.2 Å². The average Bonchev–Trinajstić information content (AvgIpc) is 2.75. The predicted molar refractivity (Wildman–Crippen MR) is 84.0 cm³/mol. The van der Waals surface area contributed by atoms with Crippen molar-refractivity contribution >= 4 is 33.0 Å². The number of aliphatic hydroxyl groups excluding tert-OH is 1. The first kappa shape index (κ1) is 15.7. The highest BCUT2D eigenvalue weighted by atomic mass is 32.1. The minimum absolute atomic E-state index is 0.0686. The van der Waals surface area contributed by atoms with Crippen LogP contribution in [0.4, 0.5) is 10.1 Å². The van der Waals surface area contributed by atoms with E-state index in [-0.39, 0.29) is 23.6 Å². The van der Waals surface area contributed by atoms with Gasteiger partial charge in [0, 0.05) is 17.9 Å². The number of nitrogen functional groups attached to an aromatic ring is 1. The molecule has 2 aromatic rings. The highest BCUT2D eigenvalue weighted by molar-refractivity contribution is 7.21. The van der Waals surface area contributed by atoms with E-state index in [0.717, 1.165) is 0 Å². The van der Waals surface area contributed by atoms with Gasteiger partial charge >= 0.3 is 0 Å². The maximum Gasteiger partial charge on any atom is 0.263 e. The largest absolute Gasteiger partial charge is 0.397 e. The number of rotatable bonds is 5. The van der Waals surface area contributed by atoms with Crippen molar-refractivity contribution < 1.29 is 14.3 Å². The second-order valence-corrected chi connectivity index (χ2v) is 6.83. The van der Waals surface area contributed by atoms with Gasteiger partial charge in [0.1, 0.15) is 10.7 Å².